The second kappa shape index (κ2) is 6.60. The molecule has 0 radical (unpaired) electrons. The molecule has 1 aromatic carbocycles. The highest BCUT2D eigenvalue weighted by Crippen LogP contribution is 2.29. The lowest BCUT2D eigenvalue weighted by Crippen LogP contribution is -2.42. The first-order valence-corrected chi connectivity index (χ1v) is 8.38. The Hall–Kier alpha value is -2.04. The Morgan fingerprint density at radius 2 is 1.74 bits per heavy atom. The molecule has 1 saturated carbocycles. The molecule has 3 amide bonds. The van der Waals surface area contributed by atoms with Gasteiger partial charge >= 0.3 is 6.03 Å². The molecular weight excluding hydrogens is 292 g/mol. The normalized spacial score (nSPS) is 22.8. The van der Waals surface area contributed by atoms with Crippen molar-refractivity contribution >= 4 is 11.9 Å². The molecule has 5 nitrogen and oxygen atoms in total. The van der Waals surface area contributed by atoms with Gasteiger partial charge in [0.15, 0.2) is 0 Å². The van der Waals surface area contributed by atoms with E-state index in [1.807, 2.05) is 31.2 Å². The summed E-state index contributed by atoms with van der Waals surface area (Å²) in [6, 6.07) is 7.20. The number of rotatable bonds is 4. The predicted molar refractivity (Wildman–Crippen MR) is 87.1 cm³/mol. The number of carbonyl (C=O) groups excluding carboxylic acids is 2. The highest BCUT2D eigenvalue weighted by molar-refractivity contribution is 6.04. The van der Waals surface area contributed by atoms with E-state index >= 15 is 0 Å². The molecule has 1 saturated heterocycles. The summed E-state index contributed by atoms with van der Waals surface area (Å²) >= 11 is 0. The molecule has 124 valence electrons. The van der Waals surface area contributed by atoms with Crippen molar-refractivity contribution in [3.8, 4) is 5.75 Å². The largest absolute Gasteiger partial charge is 0.497 e. The third-order valence-electron chi connectivity index (χ3n) is 4.97. The Balaban J connectivity index is 1.74. The SMILES string of the molecule is COc1ccc(CN2C(=O)N(C3CCCCC3)C(=O)[C@H]2C)cc1. The number of imide groups is 1. The van der Waals surface area contributed by atoms with Gasteiger partial charge in [0.2, 0.25) is 0 Å². The lowest BCUT2D eigenvalue weighted by atomic mass is 9.94. The maximum Gasteiger partial charge on any atom is 0.328 e. The monoisotopic (exact) mass is 316 g/mol. The second-order valence-corrected chi connectivity index (χ2v) is 6.43. The van der Waals surface area contributed by atoms with E-state index in [2.05, 4.69) is 0 Å². The van der Waals surface area contributed by atoms with E-state index in [1.54, 1.807) is 12.0 Å². The van der Waals surface area contributed by atoms with E-state index in [4.69, 9.17) is 4.74 Å². The minimum Gasteiger partial charge on any atom is -0.497 e. The molecular formula is C18H24N2O3. The first-order chi connectivity index (χ1) is 11.1. The fourth-order valence-electron chi connectivity index (χ4n) is 3.54. The maximum atomic E-state index is 12.8. The van der Waals surface area contributed by atoms with Crippen molar-refractivity contribution in [2.45, 2.75) is 57.7 Å². The molecule has 23 heavy (non-hydrogen) atoms. The highest BCUT2D eigenvalue weighted by atomic mass is 16.5. The van der Waals surface area contributed by atoms with Crippen LogP contribution in [-0.2, 0) is 11.3 Å². The summed E-state index contributed by atoms with van der Waals surface area (Å²) in [5.74, 6) is 0.741. The van der Waals surface area contributed by atoms with Gasteiger partial charge in [-0.1, -0.05) is 31.4 Å². The number of hydrogen-bond donors (Lipinski definition) is 0. The van der Waals surface area contributed by atoms with Crippen molar-refractivity contribution in [2.75, 3.05) is 7.11 Å². The fraction of sp³-hybridized carbons (Fsp3) is 0.556. The molecule has 1 atom stereocenters. The summed E-state index contributed by atoms with van der Waals surface area (Å²) in [6.07, 6.45) is 5.31. The lowest BCUT2D eigenvalue weighted by molar-refractivity contribution is -0.129. The molecule has 3 rings (SSSR count). The van der Waals surface area contributed by atoms with Crippen LogP contribution in [-0.4, -0.2) is 40.9 Å². The number of nitrogens with zero attached hydrogens (tertiary/aromatic N) is 2. The van der Waals surface area contributed by atoms with Crippen molar-refractivity contribution in [1.82, 2.24) is 9.80 Å². The lowest BCUT2D eigenvalue weighted by Gasteiger charge is -2.29. The van der Waals surface area contributed by atoms with E-state index in [-0.39, 0.29) is 24.0 Å². The van der Waals surface area contributed by atoms with Crippen LogP contribution in [0.2, 0.25) is 0 Å². The summed E-state index contributed by atoms with van der Waals surface area (Å²) < 4.78 is 5.15. The Morgan fingerprint density at radius 1 is 1.09 bits per heavy atom. The van der Waals surface area contributed by atoms with E-state index in [1.165, 1.54) is 11.3 Å². The molecule has 1 aliphatic heterocycles. The molecule has 1 aliphatic carbocycles. The molecule has 1 heterocycles. The summed E-state index contributed by atoms with van der Waals surface area (Å²) in [4.78, 5) is 28.5. The van der Waals surface area contributed by atoms with Crippen LogP contribution in [0.15, 0.2) is 24.3 Å². The van der Waals surface area contributed by atoms with Crippen molar-refractivity contribution in [3.63, 3.8) is 0 Å². The Labute approximate surface area is 137 Å². The number of amides is 3. The van der Waals surface area contributed by atoms with Crippen LogP contribution in [0.5, 0.6) is 5.75 Å². The van der Waals surface area contributed by atoms with Crippen LogP contribution >= 0.6 is 0 Å². The van der Waals surface area contributed by atoms with Crippen molar-refractivity contribution in [2.24, 2.45) is 0 Å². The Bertz CT molecular complexity index is 578. The Kier molecular flexibility index (Phi) is 4.55. The van der Waals surface area contributed by atoms with Crippen LogP contribution in [0.1, 0.15) is 44.6 Å². The van der Waals surface area contributed by atoms with E-state index in [0.29, 0.717) is 6.54 Å². The third kappa shape index (κ3) is 3.05. The van der Waals surface area contributed by atoms with Gasteiger partial charge in [-0.3, -0.25) is 9.69 Å². The quantitative estimate of drug-likeness (QED) is 0.802. The van der Waals surface area contributed by atoms with Gasteiger partial charge < -0.3 is 9.64 Å². The van der Waals surface area contributed by atoms with Crippen molar-refractivity contribution in [1.29, 1.82) is 0 Å². The number of urea groups is 1. The standard InChI is InChI=1S/C18H24N2O3/c1-13-17(21)20(15-6-4-3-5-7-15)18(22)19(13)12-14-8-10-16(23-2)11-9-14/h8-11,13,15H,3-7,12H2,1-2H3/t13-/m1/s1. The van der Waals surface area contributed by atoms with E-state index in [0.717, 1.165) is 37.0 Å². The van der Waals surface area contributed by atoms with Crippen LogP contribution in [0.25, 0.3) is 0 Å². The minimum absolute atomic E-state index is 0.0459. The third-order valence-corrected chi connectivity index (χ3v) is 4.97. The number of hydrogen-bond acceptors (Lipinski definition) is 3. The van der Waals surface area contributed by atoms with E-state index < -0.39 is 0 Å². The van der Waals surface area contributed by atoms with Gasteiger partial charge in [-0.2, -0.15) is 0 Å². The van der Waals surface area contributed by atoms with Gasteiger partial charge in [0.25, 0.3) is 5.91 Å². The number of carbonyl (C=O) groups is 2. The van der Waals surface area contributed by atoms with Crippen molar-refractivity contribution in [3.05, 3.63) is 29.8 Å². The maximum absolute atomic E-state index is 12.8. The zero-order valence-corrected chi connectivity index (χ0v) is 13.8. The Morgan fingerprint density at radius 3 is 2.35 bits per heavy atom. The average Bonchev–Trinajstić information content (AvgIpc) is 2.80. The van der Waals surface area contributed by atoms with Gasteiger partial charge in [-0.05, 0) is 37.5 Å². The minimum atomic E-state index is -0.383. The molecule has 0 bridgehead atoms. The van der Waals surface area contributed by atoms with E-state index in [9.17, 15) is 9.59 Å². The number of methoxy groups -OCH3 is 1. The average molecular weight is 316 g/mol. The molecule has 5 heteroatoms. The summed E-state index contributed by atoms with van der Waals surface area (Å²) in [7, 11) is 1.63. The van der Waals surface area contributed by atoms with Gasteiger partial charge in [0, 0.05) is 12.6 Å². The topological polar surface area (TPSA) is 49.9 Å². The molecule has 0 N–H and O–H groups in total. The molecule has 0 spiro atoms. The van der Waals surface area contributed by atoms with Crippen LogP contribution < -0.4 is 4.74 Å². The van der Waals surface area contributed by atoms with Gasteiger partial charge in [0.05, 0.1) is 7.11 Å². The highest BCUT2D eigenvalue weighted by Gasteiger charge is 2.45. The summed E-state index contributed by atoms with van der Waals surface area (Å²) in [5.41, 5.74) is 1.00. The van der Waals surface area contributed by atoms with Crippen LogP contribution in [0.4, 0.5) is 4.79 Å². The molecule has 2 fully saturated rings. The van der Waals surface area contributed by atoms with Gasteiger partial charge in [0.1, 0.15) is 11.8 Å². The van der Waals surface area contributed by atoms with Crippen molar-refractivity contribution < 1.29 is 14.3 Å². The predicted octanol–water partition coefficient (Wildman–Crippen LogP) is 3.18. The van der Waals surface area contributed by atoms with Crippen LogP contribution in [0.3, 0.4) is 0 Å². The molecule has 1 aromatic rings. The number of benzene rings is 1. The zero-order chi connectivity index (χ0) is 16.4. The molecule has 2 aliphatic rings. The first kappa shape index (κ1) is 15.8. The summed E-state index contributed by atoms with van der Waals surface area (Å²) in [5, 5.41) is 0. The smallest absolute Gasteiger partial charge is 0.328 e. The second-order valence-electron chi connectivity index (χ2n) is 6.43. The summed E-state index contributed by atoms with van der Waals surface area (Å²) in [6.45, 7) is 2.28. The first-order valence-electron chi connectivity index (χ1n) is 8.38. The van der Waals surface area contributed by atoms with Gasteiger partial charge in [-0.15, -0.1) is 0 Å². The fourth-order valence-corrected chi connectivity index (χ4v) is 3.54. The number of ether oxygens (including phenoxy) is 1. The molecule has 0 aromatic heterocycles. The zero-order valence-electron chi connectivity index (χ0n) is 13.8. The molecule has 0 unspecified atom stereocenters. The van der Waals surface area contributed by atoms with Gasteiger partial charge in [-0.25, -0.2) is 4.79 Å². The van der Waals surface area contributed by atoms with Crippen LogP contribution in [0, 0.1) is 0 Å².